The van der Waals surface area contributed by atoms with Gasteiger partial charge in [0.1, 0.15) is 5.75 Å². The summed E-state index contributed by atoms with van der Waals surface area (Å²) in [6, 6.07) is 10.1. The highest BCUT2D eigenvalue weighted by molar-refractivity contribution is 7.22. The second-order valence-corrected chi connectivity index (χ2v) is 5.99. The van der Waals surface area contributed by atoms with Crippen molar-refractivity contribution in [3.8, 4) is 5.75 Å². The molecule has 3 rings (SSSR count). The molecule has 6 heteroatoms. The van der Waals surface area contributed by atoms with Gasteiger partial charge in [0.2, 0.25) is 0 Å². The summed E-state index contributed by atoms with van der Waals surface area (Å²) in [6.07, 6.45) is 0. The normalized spacial score (nSPS) is 10.8. The summed E-state index contributed by atoms with van der Waals surface area (Å²) in [5.41, 5.74) is 2.07. The predicted octanol–water partition coefficient (Wildman–Crippen LogP) is 4.22. The van der Waals surface area contributed by atoms with Crippen molar-refractivity contribution in [3.63, 3.8) is 0 Å². The summed E-state index contributed by atoms with van der Waals surface area (Å²) in [7, 11) is 0. The molecule has 3 aromatic rings. The number of carbonyl (C=O) groups excluding carboxylic acids is 1. The Morgan fingerprint density at radius 3 is 2.90 bits per heavy atom. The third-order valence-electron chi connectivity index (χ3n) is 3.04. The van der Waals surface area contributed by atoms with E-state index in [2.05, 4.69) is 10.3 Å². The number of aromatic hydroxyl groups is 1. The van der Waals surface area contributed by atoms with Crippen molar-refractivity contribution in [2.24, 2.45) is 0 Å². The van der Waals surface area contributed by atoms with Gasteiger partial charge < -0.3 is 5.11 Å². The molecule has 0 atom stereocenters. The molecule has 4 nitrogen and oxygen atoms in total. The molecule has 0 aliphatic carbocycles. The number of thiazole rings is 1. The van der Waals surface area contributed by atoms with E-state index in [4.69, 9.17) is 11.6 Å². The Morgan fingerprint density at radius 2 is 2.14 bits per heavy atom. The van der Waals surface area contributed by atoms with E-state index in [0.717, 1.165) is 15.8 Å². The monoisotopic (exact) mass is 318 g/mol. The topological polar surface area (TPSA) is 62.2 Å². The minimum Gasteiger partial charge on any atom is -0.507 e. The summed E-state index contributed by atoms with van der Waals surface area (Å²) >= 11 is 7.24. The lowest BCUT2D eigenvalue weighted by Gasteiger charge is -2.04. The summed E-state index contributed by atoms with van der Waals surface area (Å²) in [4.78, 5) is 16.5. The van der Waals surface area contributed by atoms with Crippen LogP contribution in [0.25, 0.3) is 10.2 Å². The molecule has 0 fully saturated rings. The molecule has 0 aliphatic rings. The van der Waals surface area contributed by atoms with Crippen LogP contribution < -0.4 is 5.32 Å². The molecule has 21 heavy (non-hydrogen) atoms. The number of amides is 1. The lowest BCUT2D eigenvalue weighted by molar-refractivity contribution is 0.102. The number of nitrogens with one attached hydrogen (secondary N) is 1. The molecule has 0 saturated heterocycles. The minimum atomic E-state index is -0.438. The van der Waals surface area contributed by atoms with E-state index in [1.165, 1.54) is 29.5 Å². The highest BCUT2D eigenvalue weighted by Crippen LogP contribution is 2.29. The number of hydrogen-bond acceptors (Lipinski definition) is 4. The Balaban J connectivity index is 1.93. The van der Waals surface area contributed by atoms with Crippen LogP contribution in [-0.4, -0.2) is 16.0 Å². The predicted molar refractivity (Wildman–Crippen MR) is 85.4 cm³/mol. The van der Waals surface area contributed by atoms with Crippen LogP contribution in [0.2, 0.25) is 5.02 Å². The van der Waals surface area contributed by atoms with Crippen LogP contribution in [-0.2, 0) is 0 Å². The Kier molecular flexibility index (Phi) is 3.53. The number of phenols is 1. The standard InChI is InChI=1S/C15H11ClN2O2S/c1-8-3-2-4-11-13(8)21-15(17-11)18-14(20)10-7-9(16)5-6-12(10)19/h2-7,19H,1H3,(H,17,18,20). The summed E-state index contributed by atoms with van der Waals surface area (Å²) in [6.45, 7) is 1.99. The number of carbonyl (C=O) groups is 1. The summed E-state index contributed by atoms with van der Waals surface area (Å²) in [5, 5.41) is 13.3. The second-order valence-electron chi connectivity index (χ2n) is 4.56. The van der Waals surface area contributed by atoms with E-state index in [9.17, 15) is 9.90 Å². The van der Waals surface area contributed by atoms with E-state index in [-0.39, 0.29) is 11.3 Å². The molecule has 0 spiro atoms. The number of aromatic nitrogens is 1. The maximum atomic E-state index is 12.2. The molecule has 0 bridgehead atoms. The van der Waals surface area contributed by atoms with Gasteiger partial charge in [-0.25, -0.2) is 4.98 Å². The highest BCUT2D eigenvalue weighted by atomic mass is 35.5. The Labute approximate surface area is 130 Å². The zero-order valence-corrected chi connectivity index (χ0v) is 12.6. The number of aryl methyl sites for hydroxylation is 1. The average molecular weight is 319 g/mol. The fraction of sp³-hybridized carbons (Fsp3) is 0.0667. The molecule has 0 saturated carbocycles. The lowest BCUT2D eigenvalue weighted by atomic mass is 10.2. The van der Waals surface area contributed by atoms with Crippen LogP contribution in [0.1, 0.15) is 15.9 Å². The molecule has 1 aromatic heterocycles. The van der Waals surface area contributed by atoms with Gasteiger partial charge in [0.05, 0.1) is 15.8 Å². The van der Waals surface area contributed by atoms with Crippen molar-refractivity contribution in [3.05, 3.63) is 52.5 Å². The molecule has 1 heterocycles. The van der Waals surface area contributed by atoms with Gasteiger partial charge >= 0.3 is 0 Å². The quantitative estimate of drug-likeness (QED) is 0.743. The molecule has 1 amide bonds. The van der Waals surface area contributed by atoms with E-state index in [0.29, 0.717) is 10.2 Å². The zero-order chi connectivity index (χ0) is 15.0. The molecule has 0 radical (unpaired) electrons. The van der Waals surface area contributed by atoms with Crippen LogP contribution in [0, 0.1) is 6.92 Å². The summed E-state index contributed by atoms with van der Waals surface area (Å²) in [5.74, 6) is -0.555. The van der Waals surface area contributed by atoms with E-state index in [1.807, 2.05) is 25.1 Å². The van der Waals surface area contributed by atoms with Gasteiger partial charge in [0, 0.05) is 5.02 Å². The first-order chi connectivity index (χ1) is 10.0. The smallest absolute Gasteiger partial charge is 0.261 e. The summed E-state index contributed by atoms with van der Waals surface area (Å²) < 4.78 is 1.03. The van der Waals surface area contributed by atoms with E-state index in [1.54, 1.807) is 0 Å². The number of rotatable bonds is 2. The number of fused-ring (bicyclic) bond motifs is 1. The maximum Gasteiger partial charge on any atom is 0.261 e. The SMILES string of the molecule is Cc1cccc2nc(NC(=O)c3cc(Cl)ccc3O)sc12. The van der Waals surface area contributed by atoms with Gasteiger partial charge in [0.15, 0.2) is 5.13 Å². The number of halogens is 1. The van der Waals surface area contributed by atoms with E-state index >= 15 is 0 Å². The number of hydrogen-bond donors (Lipinski definition) is 2. The van der Waals surface area contributed by atoms with Crippen molar-refractivity contribution in [2.45, 2.75) is 6.92 Å². The van der Waals surface area contributed by atoms with Crippen LogP contribution in [0.5, 0.6) is 5.75 Å². The fourth-order valence-corrected chi connectivity index (χ4v) is 3.10. The largest absolute Gasteiger partial charge is 0.507 e. The molecule has 2 N–H and O–H groups in total. The molecule has 0 aliphatic heterocycles. The van der Waals surface area contributed by atoms with Gasteiger partial charge in [-0.2, -0.15) is 0 Å². The second kappa shape index (κ2) is 5.35. The number of anilines is 1. The fourth-order valence-electron chi connectivity index (χ4n) is 1.99. The average Bonchev–Trinajstić information content (AvgIpc) is 2.85. The molecule has 0 unspecified atom stereocenters. The van der Waals surface area contributed by atoms with Gasteiger partial charge in [-0.3, -0.25) is 10.1 Å². The van der Waals surface area contributed by atoms with Crippen molar-refractivity contribution in [2.75, 3.05) is 5.32 Å². The van der Waals surface area contributed by atoms with Crippen LogP contribution >= 0.6 is 22.9 Å². The first-order valence-electron chi connectivity index (χ1n) is 6.20. The van der Waals surface area contributed by atoms with Gasteiger partial charge in [-0.1, -0.05) is 35.1 Å². The van der Waals surface area contributed by atoms with E-state index < -0.39 is 5.91 Å². The number of phenolic OH excluding ortho intramolecular Hbond substituents is 1. The van der Waals surface area contributed by atoms with Crippen molar-refractivity contribution < 1.29 is 9.90 Å². The Hall–Kier alpha value is -2.11. The van der Waals surface area contributed by atoms with Gasteiger partial charge in [-0.05, 0) is 36.8 Å². The third kappa shape index (κ3) is 2.70. The third-order valence-corrected chi connectivity index (χ3v) is 4.39. The molecular formula is C15H11ClN2O2S. The number of nitrogens with zero attached hydrogens (tertiary/aromatic N) is 1. The van der Waals surface area contributed by atoms with Crippen molar-refractivity contribution in [1.82, 2.24) is 4.98 Å². The molecular weight excluding hydrogens is 308 g/mol. The Morgan fingerprint density at radius 1 is 1.33 bits per heavy atom. The van der Waals surface area contributed by atoms with Crippen LogP contribution in [0.15, 0.2) is 36.4 Å². The van der Waals surface area contributed by atoms with Gasteiger partial charge in [0.25, 0.3) is 5.91 Å². The first kappa shape index (κ1) is 13.9. The zero-order valence-electron chi connectivity index (χ0n) is 11.1. The first-order valence-corrected chi connectivity index (χ1v) is 7.40. The minimum absolute atomic E-state index is 0.116. The lowest BCUT2D eigenvalue weighted by Crippen LogP contribution is -2.11. The van der Waals surface area contributed by atoms with Gasteiger partial charge in [-0.15, -0.1) is 0 Å². The van der Waals surface area contributed by atoms with Crippen LogP contribution in [0.4, 0.5) is 5.13 Å². The van der Waals surface area contributed by atoms with Crippen LogP contribution in [0.3, 0.4) is 0 Å². The maximum absolute atomic E-state index is 12.2. The molecule has 106 valence electrons. The molecule has 2 aromatic carbocycles. The highest BCUT2D eigenvalue weighted by Gasteiger charge is 2.14. The Bertz CT molecular complexity index is 845. The van der Waals surface area contributed by atoms with Crippen molar-refractivity contribution >= 4 is 44.2 Å². The number of benzene rings is 2. The van der Waals surface area contributed by atoms with Crippen molar-refractivity contribution in [1.29, 1.82) is 0 Å².